The molecule has 20 heavy (non-hydrogen) atoms. The molecule has 0 radical (unpaired) electrons. The smallest absolute Gasteiger partial charge is 0.130 e. The number of hydrogen-bond donors (Lipinski definition) is 0. The van der Waals surface area contributed by atoms with Gasteiger partial charge in [0.25, 0.3) is 0 Å². The Labute approximate surface area is 122 Å². The van der Waals surface area contributed by atoms with Crippen molar-refractivity contribution in [2.45, 2.75) is 46.5 Å². The molecule has 2 aromatic rings. The second-order valence-corrected chi connectivity index (χ2v) is 5.51. The van der Waals surface area contributed by atoms with Gasteiger partial charge in [0.1, 0.15) is 5.75 Å². The molecule has 0 aliphatic heterocycles. The highest BCUT2D eigenvalue weighted by molar-refractivity contribution is 5.85. The van der Waals surface area contributed by atoms with E-state index in [0.29, 0.717) is 5.92 Å². The van der Waals surface area contributed by atoms with Gasteiger partial charge in [0.05, 0.1) is 12.1 Å². The summed E-state index contributed by atoms with van der Waals surface area (Å²) < 4.78 is 6.11. The Hall–Kier alpha value is -1.57. The van der Waals surface area contributed by atoms with Crippen LogP contribution >= 0.6 is 0 Å². The molecule has 0 amide bonds. The summed E-state index contributed by atoms with van der Waals surface area (Å²) in [5.74, 6) is 1.63. The predicted molar refractivity (Wildman–Crippen MR) is 85.3 cm³/mol. The molecule has 0 aliphatic carbocycles. The van der Waals surface area contributed by atoms with Gasteiger partial charge in [-0.25, -0.2) is 0 Å². The molecule has 2 nitrogen and oxygen atoms in total. The van der Waals surface area contributed by atoms with Crippen molar-refractivity contribution < 1.29 is 4.74 Å². The Morgan fingerprint density at radius 2 is 2.00 bits per heavy atom. The fourth-order valence-electron chi connectivity index (χ4n) is 2.49. The minimum Gasteiger partial charge on any atom is -0.493 e. The molecule has 1 aromatic heterocycles. The van der Waals surface area contributed by atoms with E-state index in [9.17, 15) is 0 Å². The third kappa shape index (κ3) is 3.72. The summed E-state index contributed by atoms with van der Waals surface area (Å²) in [7, 11) is 0. The topological polar surface area (TPSA) is 22.1 Å². The minimum absolute atomic E-state index is 0.655. The van der Waals surface area contributed by atoms with Crippen LogP contribution in [0.15, 0.2) is 30.3 Å². The molecule has 0 bridgehead atoms. The minimum atomic E-state index is 0.655. The Balaban J connectivity index is 2.12. The highest BCUT2D eigenvalue weighted by atomic mass is 16.5. The van der Waals surface area contributed by atoms with Gasteiger partial charge < -0.3 is 4.74 Å². The van der Waals surface area contributed by atoms with E-state index in [2.05, 4.69) is 31.0 Å². The maximum atomic E-state index is 6.11. The first-order valence-corrected chi connectivity index (χ1v) is 7.73. The molecule has 0 N–H and O–H groups in total. The fraction of sp³-hybridized carbons (Fsp3) is 0.500. The van der Waals surface area contributed by atoms with Gasteiger partial charge in [-0.05, 0) is 31.4 Å². The molecule has 1 atom stereocenters. The molecule has 2 heteroatoms. The van der Waals surface area contributed by atoms with Crippen LogP contribution in [0.5, 0.6) is 5.75 Å². The summed E-state index contributed by atoms with van der Waals surface area (Å²) in [6.45, 7) is 7.32. The van der Waals surface area contributed by atoms with Crippen LogP contribution in [-0.2, 0) is 0 Å². The lowest BCUT2D eigenvalue weighted by atomic mass is 10.0. The lowest BCUT2D eigenvalue weighted by Crippen LogP contribution is -2.11. The van der Waals surface area contributed by atoms with E-state index in [1.807, 2.05) is 25.1 Å². The Morgan fingerprint density at radius 3 is 2.75 bits per heavy atom. The number of benzene rings is 1. The standard InChI is InChI=1S/C18H25NO/c1-4-6-9-15(5-2)13-20-18-12-14(3)19-17-11-8-7-10-16(17)18/h7-8,10-12,15H,4-6,9,13H2,1-3H3. The van der Waals surface area contributed by atoms with Gasteiger partial charge in [-0.1, -0.05) is 45.2 Å². The average molecular weight is 271 g/mol. The lowest BCUT2D eigenvalue weighted by molar-refractivity contribution is 0.235. The molecule has 0 saturated carbocycles. The first-order chi connectivity index (χ1) is 9.74. The molecule has 0 saturated heterocycles. The number of aryl methyl sites for hydroxylation is 1. The number of para-hydroxylation sites is 1. The molecule has 0 aliphatic rings. The summed E-state index contributed by atoms with van der Waals surface area (Å²) in [5.41, 5.74) is 2.03. The Morgan fingerprint density at radius 1 is 1.20 bits per heavy atom. The number of pyridine rings is 1. The van der Waals surface area contributed by atoms with E-state index in [1.54, 1.807) is 0 Å². The number of ether oxygens (including phenoxy) is 1. The molecule has 1 unspecified atom stereocenters. The van der Waals surface area contributed by atoms with Crippen molar-refractivity contribution in [3.63, 3.8) is 0 Å². The largest absolute Gasteiger partial charge is 0.493 e. The van der Waals surface area contributed by atoms with E-state index in [0.717, 1.165) is 29.0 Å². The molecular formula is C18H25NO. The molecule has 0 spiro atoms. The number of fused-ring (bicyclic) bond motifs is 1. The zero-order valence-electron chi connectivity index (χ0n) is 12.9. The van der Waals surface area contributed by atoms with Crippen molar-refractivity contribution in [3.8, 4) is 5.75 Å². The van der Waals surface area contributed by atoms with Crippen LogP contribution in [0.4, 0.5) is 0 Å². The third-order valence-electron chi connectivity index (χ3n) is 3.82. The first-order valence-electron chi connectivity index (χ1n) is 7.73. The number of rotatable bonds is 7. The Kier molecular flexibility index (Phi) is 5.40. The summed E-state index contributed by atoms with van der Waals surface area (Å²) in [6.07, 6.45) is 4.99. The van der Waals surface area contributed by atoms with Crippen molar-refractivity contribution in [3.05, 3.63) is 36.0 Å². The molecule has 0 fully saturated rings. The zero-order chi connectivity index (χ0) is 14.4. The van der Waals surface area contributed by atoms with Crippen LogP contribution in [0.1, 0.15) is 45.2 Å². The highest BCUT2D eigenvalue weighted by Gasteiger charge is 2.09. The fourth-order valence-corrected chi connectivity index (χ4v) is 2.49. The van der Waals surface area contributed by atoms with Gasteiger partial charge in [0.15, 0.2) is 0 Å². The van der Waals surface area contributed by atoms with Gasteiger partial charge in [-0.2, -0.15) is 0 Å². The van der Waals surface area contributed by atoms with Gasteiger partial charge in [-0.3, -0.25) is 4.98 Å². The molecule has 108 valence electrons. The third-order valence-corrected chi connectivity index (χ3v) is 3.82. The zero-order valence-corrected chi connectivity index (χ0v) is 12.9. The van der Waals surface area contributed by atoms with Crippen molar-refractivity contribution in [1.82, 2.24) is 4.98 Å². The van der Waals surface area contributed by atoms with E-state index in [4.69, 9.17) is 4.74 Å². The number of unbranched alkanes of at least 4 members (excludes halogenated alkanes) is 1. The number of nitrogens with zero attached hydrogens (tertiary/aromatic N) is 1. The van der Waals surface area contributed by atoms with Gasteiger partial charge in [0, 0.05) is 17.1 Å². The number of hydrogen-bond acceptors (Lipinski definition) is 2. The molecule has 1 heterocycles. The molecular weight excluding hydrogens is 246 g/mol. The van der Waals surface area contributed by atoms with Crippen LogP contribution in [0.25, 0.3) is 10.9 Å². The quantitative estimate of drug-likeness (QED) is 0.695. The summed E-state index contributed by atoms with van der Waals surface area (Å²) in [4.78, 5) is 4.55. The van der Waals surface area contributed by atoms with E-state index < -0.39 is 0 Å². The van der Waals surface area contributed by atoms with Crippen molar-refractivity contribution in [1.29, 1.82) is 0 Å². The van der Waals surface area contributed by atoms with Crippen LogP contribution < -0.4 is 4.74 Å². The summed E-state index contributed by atoms with van der Waals surface area (Å²) in [5, 5.41) is 1.11. The van der Waals surface area contributed by atoms with Gasteiger partial charge in [-0.15, -0.1) is 0 Å². The van der Waals surface area contributed by atoms with Crippen LogP contribution in [0.3, 0.4) is 0 Å². The van der Waals surface area contributed by atoms with E-state index in [-0.39, 0.29) is 0 Å². The van der Waals surface area contributed by atoms with Crippen molar-refractivity contribution >= 4 is 10.9 Å². The summed E-state index contributed by atoms with van der Waals surface area (Å²) >= 11 is 0. The molecule has 1 aromatic carbocycles. The van der Waals surface area contributed by atoms with Crippen LogP contribution in [0.2, 0.25) is 0 Å². The highest BCUT2D eigenvalue weighted by Crippen LogP contribution is 2.26. The van der Waals surface area contributed by atoms with Crippen LogP contribution in [0, 0.1) is 12.8 Å². The maximum absolute atomic E-state index is 6.11. The first kappa shape index (κ1) is 14.8. The lowest BCUT2D eigenvalue weighted by Gasteiger charge is -2.17. The van der Waals surface area contributed by atoms with Gasteiger partial charge >= 0.3 is 0 Å². The molecule has 2 rings (SSSR count). The van der Waals surface area contributed by atoms with Crippen molar-refractivity contribution in [2.75, 3.05) is 6.61 Å². The average Bonchev–Trinajstić information content (AvgIpc) is 2.47. The Bertz CT molecular complexity index is 550. The van der Waals surface area contributed by atoms with Gasteiger partial charge in [0.2, 0.25) is 0 Å². The SMILES string of the molecule is CCCCC(CC)COc1cc(C)nc2ccccc12. The monoisotopic (exact) mass is 271 g/mol. The second-order valence-electron chi connectivity index (χ2n) is 5.51. The van der Waals surface area contributed by atoms with E-state index >= 15 is 0 Å². The van der Waals surface area contributed by atoms with E-state index in [1.165, 1.54) is 25.7 Å². The van der Waals surface area contributed by atoms with Crippen LogP contribution in [-0.4, -0.2) is 11.6 Å². The second kappa shape index (κ2) is 7.28. The van der Waals surface area contributed by atoms with Crippen molar-refractivity contribution in [2.24, 2.45) is 5.92 Å². The number of aromatic nitrogens is 1. The normalized spacial score (nSPS) is 12.6. The maximum Gasteiger partial charge on any atom is 0.130 e. The summed E-state index contributed by atoms with van der Waals surface area (Å²) in [6, 6.07) is 10.2. The predicted octanol–water partition coefficient (Wildman–Crippen LogP) is 5.14.